The summed E-state index contributed by atoms with van der Waals surface area (Å²) in [5.74, 6) is -0.347. The molecule has 240 valence electrons. The number of amidine groups is 1. The van der Waals surface area contributed by atoms with Crippen LogP contribution >= 0.6 is 11.8 Å². The standard InChI is InChI=1S/C32H30F4N6O3S/c1-19(2)26-15-23(33)8-13-27(26)42-28(43)17-46-31(42)39-30(44)37-16-20(3)14-21-4-6-22(7-5-21)29-38-18-41(40-29)24-9-11-25(12-10-24)45-32(34,35)36/h4-13,15,18-20H,14,16-17H2,1-3H3,(H,37,44). The molecule has 0 saturated carbocycles. The maximum absolute atomic E-state index is 13.9. The summed E-state index contributed by atoms with van der Waals surface area (Å²) in [6.07, 6.45) is -2.63. The van der Waals surface area contributed by atoms with Gasteiger partial charge in [0.25, 0.3) is 0 Å². The van der Waals surface area contributed by atoms with Crippen LogP contribution < -0.4 is 15.0 Å². The fraction of sp³-hybridized carbons (Fsp3) is 0.281. The van der Waals surface area contributed by atoms with Crippen LogP contribution in [0.5, 0.6) is 5.75 Å². The summed E-state index contributed by atoms with van der Waals surface area (Å²) in [4.78, 5) is 35.2. The SMILES string of the molecule is CC(CNC(=O)N=C1SCC(=O)N1c1ccc(F)cc1C(C)C)Cc1ccc(-c2ncn(-c3ccc(OC(F)(F)F)cc3)n2)cc1. The van der Waals surface area contributed by atoms with Crippen molar-refractivity contribution in [3.05, 3.63) is 90.0 Å². The van der Waals surface area contributed by atoms with Gasteiger partial charge in [0.2, 0.25) is 5.91 Å². The second-order valence-corrected chi connectivity index (χ2v) is 12.0. The first-order valence-electron chi connectivity index (χ1n) is 14.3. The maximum atomic E-state index is 13.9. The van der Waals surface area contributed by atoms with Gasteiger partial charge in [-0.25, -0.2) is 18.9 Å². The predicted molar refractivity (Wildman–Crippen MR) is 168 cm³/mol. The van der Waals surface area contributed by atoms with Gasteiger partial charge >= 0.3 is 12.4 Å². The largest absolute Gasteiger partial charge is 0.573 e. The monoisotopic (exact) mass is 654 g/mol. The van der Waals surface area contributed by atoms with Crippen molar-refractivity contribution in [2.24, 2.45) is 10.9 Å². The molecule has 2 heterocycles. The van der Waals surface area contributed by atoms with Gasteiger partial charge in [0.05, 0.1) is 17.1 Å². The number of carbonyl (C=O) groups is 2. The number of ether oxygens (including phenoxy) is 1. The first-order valence-corrected chi connectivity index (χ1v) is 15.3. The van der Waals surface area contributed by atoms with Gasteiger partial charge in [0.15, 0.2) is 11.0 Å². The van der Waals surface area contributed by atoms with E-state index in [9.17, 15) is 27.2 Å². The maximum Gasteiger partial charge on any atom is 0.573 e. The molecule has 46 heavy (non-hydrogen) atoms. The Morgan fingerprint density at radius 3 is 2.46 bits per heavy atom. The number of urea groups is 1. The molecule has 4 aromatic rings. The number of anilines is 1. The molecule has 1 aromatic heterocycles. The molecule has 1 aliphatic rings. The Balaban J connectivity index is 1.16. The van der Waals surface area contributed by atoms with Crippen molar-refractivity contribution in [2.45, 2.75) is 39.5 Å². The summed E-state index contributed by atoms with van der Waals surface area (Å²) in [5.41, 5.74) is 3.47. The van der Waals surface area contributed by atoms with Gasteiger partial charge in [-0.3, -0.25) is 9.69 Å². The van der Waals surface area contributed by atoms with Crippen LogP contribution in [0.15, 0.2) is 78.0 Å². The van der Waals surface area contributed by atoms with Gasteiger partial charge in [-0.05, 0) is 71.8 Å². The van der Waals surface area contributed by atoms with Gasteiger partial charge in [0.1, 0.15) is 17.9 Å². The second kappa shape index (κ2) is 13.7. The topological polar surface area (TPSA) is 102 Å². The van der Waals surface area contributed by atoms with Gasteiger partial charge in [0, 0.05) is 12.1 Å². The summed E-state index contributed by atoms with van der Waals surface area (Å²) in [7, 11) is 0. The molecule has 5 rings (SSSR count). The molecule has 3 amide bonds. The van der Waals surface area contributed by atoms with Crippen LogP contribution in [0.2, 0.25) is 0 Å². The fourth-order valence-electron chi connectivity index (χ4n) is 4.85. The molecule has 1 aliphatic heterocycles. The van der Waals surface area contributed by atoms with Crippen molar-refractivity contribution in [1.29, 1.82) is 0 Å². The van der Waals surface area contributed by atoms with E-state index in [2.05, 4.69) is 25.1 Å². The third-order valence-corrected chi connectivity index (χ3v) is 7.96. The van der Waals surface area contributed by atoms with Crippen LogP contribution in [-0.2, 0) is 11.2 Å². The number of benzene rings is 3. The number of nitrogens with one attached hydrogen (secondary N) is 1. The summed E-state index contributed by atoms with van der Waals surface area (Å²) in [6, 6.07) is 16.6. The van der Waals surface area contributed by atoms with E-state index in [0.29, 0.717) is 35.7 Å². The third-order valence-electron chi connectivity index (χ3n) is 7.04. The highest BCUT2D eigenvalue weighted by Crippen LogP contribution is 2.34. The van der Waals surface area contributed by atoms with Crippen LogP contribution in [-0.4, -0.2) is 50.5 Å². The first kappa shape index (κ1) is 32.7. The van der Waals surface area contributed by atoms with E-state index in [-0.39, 0.29) is 34.4 Å². The lowest BCUT2D eigenvalue weighted by Gasteiger charge is -2.21. The minimum atomic E-state index is -4.76. The van der Waals surface area contributed by atoms with Crippen molar-refractivity contribution in [3.63, 3.8) is 0 Å². The Hall–Kier alpha value is -4.72. The zero-order valence-electron chi connectivity index (χ0n) is 25.1. The zero-order chi connectivity index (χ0) is 33.0. The van der Waals surface area contributed by atoms with Gasteiger partial charge in [-0.15, -0.1) is 18.3 Å². The summed E-state index contributed by atoms with van der Waals surface area (Å²) in [5, 5.41) is 7.48. The van der Waals surface area contributed by atoms with Gasteiger partial charge < -0.3 is 10.1 Å². The van der Waals surface area contributed by atoms with Crippen molar-refractivity contribution in [1.82, 2.24) is 20.1 Å². The summed E-state index contributed by atoms with van der Waals surface area (Å²) in [6.45, 7) is 6.15. The number of nitrogens with zero attached hydrogens (tertiary/aromatic N) is 5. The Morgan fingerprint density at radius 1 is 1.07 bits per heavy atom. The minimum absolute atomic E-state index is 0.0427. The van der Waals surface area contributed by atoms with Gasteiger partial charge in [-0.2, -0.15) is 4.99 Å². The van der Waals surface area contributed by atoms with E-state index in [1.807, 2.05) is 45.0 Å². The number of hydrogen-bond acceptors (Lipinski definition) is 6. The number of rotatable bonds is 9. The quantitative estimate of drug-likeness (QED) is 0.193. The molecule has 1 saturated heterocycles. The Bertz CT molecular complexity index is 1740. The molecule has 1 N–H and O–H groups in total. The van der Waals surface area contributed by atoms with E-state index in [1.165, 1.54) is 58.4 Å². The lowest BCUT2D eigenvalue weighted by Crippen LogP contribution is -2.33. The number of aromatic nitrogens is 3. The molecule has 0 spiro atoms. The molecule has 0 bridgehead atoms. The van der Waals surface area contributed by atoms with E-state index in [4.69, 9.17) is 0 Å². The van der Waals surface area contributed by atoms with Crippen molar-refractivity contribution in [3.8, 4) is 22.8 Å². The van der Waals surface area contributed by atoms with Gasteiger partial charge in [-0.1, -0.05) is 56.8 Å². The molecule has 0 aliphatic carbocycles. The van der Waals surface area contributed by atoms with E-state index in [0.717, 1.165) is 22.9 Å². The van der Waals surface area contributed by atoms with Crippen molar-refractivity contribution < 1.29 is 31.9 Å². The highest BCUT2D eigenvalue weighted by Gasteiger charge is 2.33. The fourth-order valence-corrected chi connectivity index (χ4v) is 5.70. The lowest BCUT2D eigenvalue weighted by molar-refractivity contribution is -0.274. The average molecular weight is 655 g/mol. The van der Waals surface area contributed by atoms with Crippen LogP contribution in [0, 0.1) is 11.7 Å². The molecular formula is C32H30F4N6O3S. The molecule has 1 atom stereocenters. The lowest BCUT2D eigenvalue weighted by atomic mass is 10.00. The number of carbonyl (C=O) groups excluding carboxylic acids is 2. The number of halogens is 4. The number of aliphatic imine (C=N–C) groups is 1. The number of hydrogen-bond donors (Lipinski definition) is 1. The second-order valence-electron chi connectivity index (χ2n) is 11.0. The Kier molecular flexibility index (Phi) is 9.75. The molecule has 3 aromatic carbocycles. The summed E-state index contributed by atoms with van der Waals surface area (Å²) < 4.78 is 56.5. The minimum Gasteiger partial charge on any atom is -0.406 e. The molecular weight excluding hydrogens is 624 g/mol. The molecule has 14 heteroatoms. The van der Waals surface area contributed by atoms with Crippen LogP contribution in [0.1, 0.15) is 37.8 Å². The first-order chi connectivity index (χ1) is 21.9. The van der Waals surface area contributed by atoms with Crippen molar-refractivity contribution in [2.75, 3.05) is 17.2 Å². The average Bonchev–Trinajstić information content (AvgIpc) is 3.63. The van der Waals surface area contributed by atoms with E-state index < -0.39 is 18.2 Å². The molecule has 0 radical (unpaired) electrons. The zero-order valence-corrected chi connectivity index (χ0v) is 25.9. The number of thioether (sulfide) groups is 1. The smallest absolute Gasteiger partial charge is 0.406 e. The highest BCUT2D eigenvalue weighted by atomic mass is 32.2. The van der Waals surface area contributed by atoms with E-state index in [1.54, 1.807) is 0 Å². The Labute approximate surface area is 266 Å². The summed E-state index contributed by atoms with van der Waals surface area (Å²) >= 11 is 1.16. The molecule has 9 nitrogen and oxygen atoms in total. The number of amides is 3. The molecule has 1 fully saturated rings. The van der Waals surface area contributed by atoms with Crippen LogP contribution in [0.4, 0.5) is 28.0 Å². The molecule has 1 unspecified atom stereocenters. The Morgan fingerprint density at radius 2 is 1.78 bits per heavy atom. The normalized spacial score (nSPS) is 15.1. The number of alkyl halides is 3. The predicted octanol–water partition coefficient (Wildman–Crippen LogP) is 7.12. The van der Waals surface area contributed by atoms with Crippen LogP contribution in [0.3, 0.4) is 0 Å². The third kappa shape index (κ3) is 8.10. The van der Waals surface area contributed by atoms with Crippen molar-refractivity contribution >= 4 is 34.6 Å². The highest BCUT2D eigenvalue weighted by molar-refractivity contribution is 8.15. The van der Waals surface area contributed by atoms with Crippen LogP contribution in [0.25, 0.3) is 17.1 Å². The van der Waals surface area contributed by atoms with E-state index >= 15 is 0 Å².